The Labute approximate surface area is 228 Å². The standard InChI is InChI=1S/C23H33N9O6S/c24-23-31-19-18(21(36)32-23)29-14(9-28-19)8-26-13-5-3-12(4-6-13)20(35)25-7-1-2-16(33)27-10-17(34)30-15(11-39)22(37)38/h9,12-13,15,26,39H,1-8,10-11H2,(H,25,35)(H,27,33)(H,30,34)(H,37,38)(H3,24,28,31,32,36)/t12?,13?,15-/m0/s1. The largest absolute Gasteiger partial charge is 0.480 e. The number of nitrogens with zero attached hydrogens (tertiary/aromatic N) is 3. The van der Waals surface area contributed by atoms with Crippen LogP contribution < -0.4 is 32.6 Å². The van der Waals surface area contributed by atoms with Gasteiger partial charge < -0.3 is 32.1 Å². The molecule has 0 bridgehead atoms. The van der Waals surface area contributed by atoms with Crippen molar-refractivity contribution in [3.05, 3.63) is 22.2 Å². The number of carboxylic acid groups (broad SMARTS) is 1. The first-order chi connectivity index (χ1) is 18.7. The van der Waals surface area contributed by atoms with Gasteiger partial charge in [0.05, 0.1) is 18.4 Å². The zero-order chi connectivity index (χ0) is 28.4. The summed E-state index contributed by atoms with van der Waals surface area (Å²) in [6.07, 6.45) is 5.11. The second kappa shape index (κ2) is 14.4. The van der Waals surface area contributed by atoms with Gasteiger partial charge in [-0.3, -0.25) is 24.2 Å². The van der Waals surface area contributed by atoms with Gasteiger partial charge in [0.15, 0.2) is 11.2 Å². The third-order valence-electron chi connectivity index (χ3n) is 6.30. The van der Waals surface area contributed by atoms with E-state index in [1.165, 1.54) is 0 Å². The topological polar surface area (TPSA) is 234 Å². The van der Waals surface area contributed by atoms with E-state index in [0.29, 0.717) is 25.2 Å². The summed E-state index contributed by atoms with van der Waals surface area (Å²) in [4.78, 5) is 73.9. The molecule has 0 saturated heterocycles. The van der Waals surface area contributed by atoms with Gasteiger partial charge in [0.1, 0.15) is 6.04 Å². The van der Waals surface area contributed by atoms with Crippen LogP contribution in [-0.2, 0) is 25.7 Å². The van der Waals surface area contributed by atoms with Crippen molar-refractivity contribution < 1.29 is 24.3 Å². The molecule has 2 aromatic rings. The normalized spacial score (nSPS) is 17.8. The molecule has 1 aliphatic rings. The van der Waals surface area contributed by atoms with Crippen molar-refractivity contribution in [2.24, 2.45) is 5.92 Å². The number of fused-ring (bicyclic) bond motifs is 1. The fourth-order valence-corrected chi connectivity index (χ4v) is 4.42. The van der Waals surface area contributed by atoms with Gasteiger partial charge >= 0.3 is 5.97 Å². The molecule has 1 fully saturated rings. The van der Waals surface area contributed by atoms with E-state index in [9.17, 15) is 24.0 Å². The number of carbonyl (C=O) groups is 4. The maximum Gasteiger partial charge on any atom is 0.327 e. The molecular formula is C23H33N9O6S. The van der Waals surface area contributed by atoms with Crippen LogP contribution in [0.25, 0.3) is 11.2 Å². The third kappa shape index (κ3) is 9.17. The number of aromatic amines is 1. The molecule has 16 heteroatoms. The summed E-state index contributed by atoms with van der Waals surface area (Å²) in [6.45, 7) is 0.420. The monoisotopic (exact) mass is 563 g/mol. The number of aromatic nitrogens is 4. The Bertz CT molecular complexity index is 1250. The number of anilines is 1. The van der Waals surface area contributed by atoms with E-state index < -0.39 is 23.5 Å². The smallest absolute Gasteiger partial charge is 0.327 e. The van der Waals surface area contributed by atoms with Crippen molar-refractivity contribution in [2.45, 2.75) is 57.2 Å². The Morgan fingerprint density at radius 3 is 2.56 bits per heavy atom. The van der Waals surface area contributed by atoms with Crippen LogP contribution in [0.4, 0.5) is 5.95 Å². The second-order valence-corrected chi connectivity index (χ2v) is 9.59. The number of H-pyrrole nitrogens is 1. The number of carboxylic acids is 1. The highest BCUT2D eigenvalue weighted by molar-refractivity contribution is 7.80. The van der Waals surface area contributed by atoms with E-state index in [0.717, 1.165) is 25.7 Å². The number of rotatable bonds is 13. The first-order valence-corrected chi connectivity index (χ1v) is 13.2. The molecule has 3 rings (SSSR count). The molecular weight excluding hydrogens is 530 g/mol. The predicted octanol–water partition coefficient (Wildman–Crippen LogP) is -1.54. The van der Waals surface area contributed by atoms with Gasteiger partial charge in [0.25, 0.3) is 5.56 Å². The SMILES string of the molecule is Nc1nc2ncc(CNC3CCC(C(=O)NCCCC(=O)NCC(=O)N[C@@H](CS)C(=O)O)CC3)nc2c(=O)[nH]1. The average molecular weight is 564 g/mol. The molecule has 1 aliphatic carbocycles. The number of carbonyl (C=O) groups excluding carboxylic acids is 3. The highest BCUT2D eigenvalue weighted by Crippen LogP contribution is 2.24. The van der Waals surface area contributed by atoms with E-state index in [2.05, 4.69) is 53.8 Å². The Morgan fingerprint density at radius 2 is 1.87 bits per heavy atom. The minimum atomic E-state index is -1.20. The average Bonchev–Trinajstić information content (AvgIpc) is 2.91. The molecule has 0 radical (unpaired) electrons. The number of nitrogen functional groups attached to an aromatic ring is 1. The van der Waals surface area contributed by atoms with Crippen LogP contribution in [0.1, 0.15) is 44.2 Å². The summed E-state index contributed by atoms with van der Waals surface area (Å²) >= 11 is 3.85. The van der Waals surface area contributed by atoms with Gasteiger partial charge in [0, 0.05) is 37.2 Å². The van der Waals surface area contributed by atoms with Gasteiger partial charge in [-0.1, -0.05) is 0 Å². The maximum absolute atomic E-state index is 12.5. The quantitative estimate of drug-likeness (QED) is 0.103. The summed E-state index contributed by atoms with van der Waals surface area (Å²) in [5, 5.41) is 19.8. The lowest BCUT2D eigenvalue weighted by Crippen LogP contribution is -2.46. The van der Waals surface area contributed by atoms with E-state index in [4.69, 9.17) is 10.8 Å². The van der Waals surface area contributed by atoms with Crippen molar-refractivity contribution in [1.82, 2.24) is 41.2 Å². The molecule has 2 aromatic heterocycles. The first-order valence-electron chi connectivity index (χ1n) is 12.6. The van der Waals surface area contributed by atoms with Crippen LogP contribution in [0.5, 0.6) is 0 Å². The number of hydrogen-bond acceptors (Lipinski definition) is 11. The minimum absolute atomic E-state index is 0.0147. The number of hydrogen-bond donors (Lipinski definition) is 8. The zero-order valence-electron chi connectivity index (χ0n) is 21.2. The molecule has 8 N–H and O–H groups in total. The van der Waals surface area contributed by atoms with Gasteiger partial charge in [-0.2, -0.15) is 17.6 Å². The zero-order valence-corrected chi connectivity index (χ0v) is 22.1. The molecule has 15 nitrogen and oxygen atoms in total. The summed E-state index contributed by atoms with van der Waals surface area (Å²) in [6, 6.07) is -0.919. The Kier molecular flexibility index (Phi) is 11.0. The fourth-order valence-electron chi connectivity index (χ4n) is 4.17. The highest BCUT2D eigenvalue weighted by Gasteiger charge is 2.26. The van der Waals surface area contributed by atoms with Crippen molar-refractivity contribution in [2.75, 3.05) is 24.6 Å². The Hall–Kier alpha value is -3.79. The van der Waals surface area contributed by atoms with Crippen LogP contribution in [0, 0.1) is 5.92 Å². The highest BCUT2D eigenvalue weighted by atomic mass is 32.1. The van der Waals surface area contributed by atoms with Crippen molar-refractivity contribution in [3.8, 4) is 0 Å². The van der Waals surface area contributed by atoms with Crippen LogP contribution >= 0.6 is 12.6 Å². The third-order valence-corrected chi connectivity index (χ3v) is 6.66. The lowest BCUT2D eigenvalue weighted by atomic mass is 9.85. The van der Waals surface area contributed by atoms with E-state index >= 15 is 0 Å². The lowest BCUT2D eigenvalue weighted by molar-refractivity contribution is -0.141. The van der Waals surface area contributed by atoms with Crippen LogP contribution in [0.15, 0.2) is 11.0 Å². The molecule has 1 saturated carbocycles. The van der Waals surface area contributed by atoms with Gasteiger partial charge in [-0.25, -0.2) is 14.8 Å². The van der Waals surface area contributed by atoms with E-state index in [1.54, 1.807) is 6.20 Å². The van der Waals surface area contributed by atoms with Crippen LogP contribution in [0.3, 0.4) is 0 Å². The fraction of sp³-hybridized carbons (Fsp3) is 0.565. The molecule has 0 spiro atoms. The minimum Gasteiger partial charge on any atom is -0.480 e. The molecule has 2 heterocycles. The molecule has 0 aliphatic heterocycles. The summed E-state index contributed by atoms with van der Waals surface area (Å²) in [5.74, 6) is -2.43. The summed E-state index contributed by atoms with van der Waals surface area (Å²) in [7, 11) is 0. The van der Waals surface area contributed by atoms with Gasteiger partial charge in [0.2, 0.25) is 23.7 Å². The summed E-state index contributed by atoms with van der Waals surface area (Å²) in [5.41, 5.74) is 6.00. The molecule has 0 unspecified atom stereocenters. The second-order valence-electron chi connectivity index (χ2n) is 9.23. The molecule has 3 amide bonds. The Balaban J connectivity index is 1.29. The molecule has 0 aromatic carbocycles. The number of nitrogens with two attached hydrogens (primary N) is 1. The van der Waals surface area contributed by atoms with E-state index in [1.807, 2.05) is 0 Å². The van der Waals surface area contributed by atoms with Crippen molar-refractivity contribution >= 4 is 53.4 Å². The molecule has 1 atom stereocenters. The van der Waals surface area contributed by atoms with Gasteiger partial charge in [-0.15, -0.1) is 0 Å². The predicted molar refractivity (Wildman–Crippen MR) is 144 cm³/mol. The number of nitrogens with one attached hydrogen (secondary N) is 5. The summed E-state index contributed by atoms with van der Waals surface area (Å²) < 4.78 is 0. The van der Waals surface area contributed by atoms with Crippen LogP contribution in [-0.4, -0.2) is 79.7 Å². The van der Waals surface area contributed by atoms with Gasteiger partial charge in [-0.05, 0) is 32.1 Å². The van der Waals surface area contributed by atoms with Crippen molar-refractivity contribution in [1.29, 1.82) is 0 Å². The first kappa shape index (κ1) is 29.8. The van der Waals surface area contributed by atoms with Crippen LogP contribution in [0.2, 0.25) is 0 Å². The Morgan fingerprint density at radius 1 is 1.13 bits per heavy atom. The number of thiol groups is 1. The van der Waals surface area contributed by atoms with E-state index in [-0.39, 0.29) is 59.6 Å². The number of amides is 3. The molecule has 212 valence electrons. The van der Waals surface area contributed by atoms with Crippen molar-refractivity contribution in [3.63, 3.8) is 0 Å². The molecule has 39 heavy (non-hydrogen) atoms. The maximum atomic E-state index is 12.5. The number of aliphatic carboxylic acids is 1. The lowest BCUT2D eigenvalue weighted by Gasteiger charge is -2.28.